The van der Waals surface area contributed by atoms with E-state index in [-0.39, 0.29) is 24.2 Å². The predicted molar refractivity (Wildman–Crippen MR) is 98.3 cm³/mol. The highest BCUT2D eigenvalue weighted by atomic mass is 35.5. The summed E-state index contributed by atoms with van der Waals surface area (Å²) in [6, 6.07) is 6.39. The Morgan fingerprint density at radius 3 is 2.71 bits per heavy atom. The number of hydrogen-bond donors (Lipinski definition) is 2. The monoisotopic (exact) mass is 356 g/mol. The molecule has 24 heavy (non-hydrogen) atoms. The van der Waals surface area contributed by atoms with Crippen LogP contribution in [-0.2, 0) is 11.2 Å². The Labute approximate surface area is 150 Å². The van der Waals surface area contributed by atoms with Gasteiger partial charge in [-0.25, -0.2) is 0 Å². The Kier molecular flexibility index (Phi) is 8.93. The third-order valence-electron chi connectivity index (χ3n) is 4.38. The molecule has 1 aromatic rings. The van der Waals surface area contributed by atoms with Crippen molar-refractivity contribution in [1.29, 1.82) is 0 Å². The zero-order valence-corrected chi connectivity index (χ0v) is 15.6. The minimum Gasteiger partial charge on any atom is -0.493 e. The van der Waals surface area contributed by atoms with Crippen molar-refractivity contribution in [2.45, 2.75) is 38.6 Å². The van der Waals surface area contributed by atoms with Crippen LogP contribution in [0, 0.1) is 5.92 Å². The van der Waals surface area contributed by atoms with Crippen LogP contribution in [0.4, 0.5) is 0 Å². The highest BCUT2D eigenvalue weighted by Gasteiger charge is 2.24. The van der Waals surface area contributed by atoms with Crippen molar-refractivity contribution in [2.24, 2.45) is 5.92 Å². The van der Waals surface area contributed by atoms with Crippen LogP contribution in [-0.4, -0.2) is 39.3 Å². The second kappa shape index (κ2) is 10.4. The Hall–Kier alpha value is -1.46. The summed E-state index contributed by atoms with van der Waals surface area (Å²) in [5, 5.41) is 6.45. The van der Waals surface area contributed by atoms with Gasteiger partial charge in [0.1, 0.15) is 0 Å². The van der Waals surface area contributed by atoms with Crippen molar-refractivity contribution in [2.75, 3.05) is 27.3 Å². The van der Waals surface area contributed by atoms with Crippen LogP contribution in [0.3, 0.4) is 0 Å². The van der Waals surface area contributed by atoms with Crippen LogP contribution in [0.15, 0.2) is 18.2 Å². The van der Waals surface area contributed by atoms with E-state index in [1.165, 1.54) is 5.56 Å². The van der Waals surface area contributed by atoms with E-state index in [0.29, 0.717) is 12.6 Å². The number of benzene rings is 1. The Balaban J connectivity index is 0.00000288. The molecule has 6 heteroatoms. The molecule has 0 bridgehead atoms. The molecule has 5 nitrogen and oxygen atoms in total. The molecule has 1 saturated heterocycles. The van der Waals surface area contributed by atoms with Crippen molar-refractivity contribution in [3.63, 3.8) is 0 Å². The van der Waals surface area contributed by atoms with Gasteiger partial charge in [-0.1, -0.05) is 6.07 Å². The van der Waals surface area contributed by atoms with E-state index in [4.69, 9.17) is 9.47 Å². The molecule has 1 aromatic carbocycles. The van der Waals surface area contributed by atoms with Gasteiger partial charge in [-0.2, -0.15) is 0 Å². The number of piperidine rings is 1. The average Bonchev–Trinajstić information content (AvgIpc) is 2.58. The van der Waals surface area contributed by atoms with Gasteiger partial charge < -0.3 is 20.1 Å². The summed E-state index contributed by atoms with van der Waals surface area (Å²) in [6.45, 7) is 3.78. The van der Waals surface area contributed by atoms with Crippen molar-refractivity contribution in [3.8, 4) is 11.5 Å². The second-order valence-electron chi connectivity index (χ2n) is 6.16. The molecule has 1 fully saturated rings. The van der Waals surface area contributed by atoms with Gasteiger partial charge in [0, 0.05) is 18.5 Å². The topological polar surface area (TPSA) is 59.6 Å². The average molecular weight is 357 g/mol. The second-order valence-corrected chi connectivity index (χ2v) is 6.16. The van der Waals surface area contributed by atoms with Gasteiger partial charge >= 0.3 is 0 Å². The number of methoxy groups -OCH3 is 2. The summed E-state index contributed by atoms with van der Waals surface area (Å²) in [5.41, 5.74) is 1.19. The normalized spacial score (nSPS) is 20.0. The lowest BCUT2D eigenvalue weighted by Crippen LogP contribution is -2.42. The van der Waals surface area contributed by atoms with E-state index < -0.39 is 0 Å². The first-order valence-corrected chi connectivity index (χ1v) is 8.36. The van der Waals surface area contributed by atoms with Crippen LogP contribution in [0.1, 0.15) is 31.7 Å². The van der Waals surface area contributed by atoms with Crippen molar-refractivity contribution < 1.29 is 14.3 Å². The molecule has 0 spiro atoms. The maximum Gasteiger partial charge on any atom is 0.223 e. The summed E-state index contributed by atoms with van der Waals surface area (Å²) in [7, 11) is 3.27. The number of rotatable bonds is 7. The van der Waals surface area contributed by atoms with E-state index in [9.17, 15) is 4.79 Å². The minimum atomic E-state index is 0. The van der Waals surface area contributed by atoms with E-state index in [1.807, 2.05) is 18.2 Å². The van der Waals surface area contributed by atoms with Gasteiger partial charge in [-0.15, -0.1) is 12.4 Å². The van der Waals surface area contributed by atoms with Crippen LogP contribution in [0.2, 0.25) is 0 Å². The molecule has 1 amide bonds. The third-order valence-corrected chi connectivity index (χ3v) is 4.38. The molecule has 2 rings (SSSR count). The van der Waals surface area contributed by atoms with E-state index in [2.05, 4.69) is 17.6 Å². The lowest BCUT2D eigenvalue weighted by molar-refractivity contribution is -0.126. The minimum absolute atomic E-state index is 0. The number of nitrogens with one attached hydrogen (secondary N) is 2. The molecule has 2 atom stereocenters. The number of ether oxygens (including phenoxy) is 2. The molecule has 1 heterocycles. The maximum absolute atomic E-state index is 12.2. The first-order chi connectivity index (χ1) is 11.1. The van der Waals surface area contributed by atoms with Crippen LogP contribution < -0.4 is 20.1 Å². The molecule has 0 aromatic heterocycles. The van der Waals surface area contributed by atoms with Crippen molar-refractivity contribution >= 4 is 18.3 Å². The fraction of sp³-hybridized carbons (Fsp3) is 0.611. The molecule has 0 unspecified atom stereocenters. The van der Waals surface area contributed by atoms with Gasteiger partial charge in [0.15, 0.2) is 11.5 Å². The standard InChI is InChI=1S/C18H28N2O3.ClH/c1-13-11-15(8-10-19-13)18(21)20-9-4-5-14-6-7-16(22-2)17(12-14)23-3;/h6-7,12-13,15,19H,4-5,8-11H2,1-3H3,(H,20,21);1H/t13-,15-;/m0./s1. The number of halogens is 1. The summed E-state index contributed by atoms with van der Waals surface area (Å²) >= 11 is 0. The fourth-order valence-corrected chi connectivity index (χ4v) is 3.05. The summed E-state index contributed by atoms with van der Waals surface area (Å²) in [5.74, 6) is 1.85. The molecule has 1 aliphatic heterocycles. The Bertz CT molecular complexity index is 525. The number of hydrogen-bond acceptors (Lipinski definition) is 4. The smallest absolute Gasteiger partial charge is 0.223 e. The zero-order valence-electron chi connectivity index (χ0n) is 14.8. The van der Waals surface area contributed by atoms with Crippen LogP contribution in [0.5, 0.6) is 11.5 Å². The quantitative estimate of drug-likeness (QED) is 0.737. The first-order valence-electron chi connectivity index (χ1n) is 8.36. The van der Waals surface area contributed by atoms with Gasteiger partial charge in [0.25, 0.3) is 0 Å². The van der Waals surface area contributed by atoms with Gasteiger partial charge in [-0.05, 0) is 56.8 Å². The molecule has 1 aliphatic rings. The molecular formula is C18H29ClN2O3. The SMILES string of the molecule is COc1ccc(CCCNC(=O)[C@H]2CCN[C@@H](C)C2)cc1OC.Cl. The predicted octanol–water partition coefficient (Wildman–Crippen LogP) is 2.56. The van der Waals surface area contributed by atoms with Crippen LogP contribution >= 0.6 is 12.4 Å². The third kappa shape index (κ3) is 5.87. The zero-order chi connectivity index (χ0) is 16.7. The lowest BCUT2D eigenvalue weighted by Gasteiger charge is -2.27. The molecule has 2 N–H and O–H groups in total. The lowest BCUT2D eigenvalue weighted by atomic mass is 9.92. The van der Waals surface area contributed by atoms with Crippen molar-refractivity contribution in [3.05, 3.63) is 23.8 Å². The van der Waals surface area contributed by atoms with Gasteiger partial charge in [0.2, 0.25) is 5.91 Å². The summed E-state index contributed by atoms with van der Waals surface area (Å²) in [6.07, 6.45) is 3.69. The highest BCUT2D eigenvalue weighted by molar-refractivity contribution is 5.85. The van der Waals surface area contributed by atoms with E-state index in [0.717, 1.165) is 43.7 Å². The Morgan fingerprint density at radius 2 is 2.04 bits per heavy atom. The summed E-state index contributed by atoms with van der Waals surface area (Å²) in [4.78, 5) is 12.2. The van der Waals surface area contributed by atoms with Gasteiger partial charge in [-0.3, -0.25) is 4.79 Å². The molecule has 0 aliphatic carbocycles. The highest BCUT2D eigenvalue weighted by Crippen LogP contribution is 2.27. The fourth-order valence-electron chi connectivity index (χ4n) is 3.05. The number of aryl methyl sites for hydroxylation is 1. The maximum atomic E-state index is 12.2. The number of carbonyl (C=O) groups excluding carboxylic acids is 1. The molecule has 0 radical (unpaired) electrons. The largest absolute Gasteiger partial charge is 0.493 e. The number of carbonyl (C=O) groups is 1. The number of amides is 1. The summed E-state index contributed by atoms with van der Waals surface area (Å²) < 4.78 is 10.5. The van der Waals surface area contributed by atoms with Crippen LogP contribution in [0.25, 0.3) is 0 Å². The molecule has 136 valence electrons. The first kappa shape index (κ1) is 20.6. The Morgan fingerprint density at radius 1 is 1.29 bits per heavy atom. The molecular weight excluding hydrogens is 328 g/mol. The van der Waals surface area contributed by atoms with E-state index in [1.54, 1.807) is 14.2 Å². The van der Waals surface area contributed by atoms with Gasteiger partial charge in [0.05, 0.1) is 14.2 Å². The molecule has 0 saturated carbocycles. The van der Waals surface area contributed by atoms with E-state index >= 15 is 0 Å². The van der Waals surface area contributed by atoms with Crippen molar-refractivity contribution in [1.82, 2.24) is 10.6 Å².